The highest BCUT2D eigenvalue weighted by Crippen LogP contribution is 2.05. The minimum Gasteiger partial charge on any atom is -0.356 e. The van der Waals surface area contributed by atoms with Crippen LogP contribution in [0, 0.1) is 0 Å². The monoisotopic (exact) mass is 174 g/mol. The van der Waals surface area contributed by atoms with E-state index in [9.17, 15) is 4.79 Å². The molecule has 1 N–H and O–H groups in total. The third kappa shape index (κ3) is 2.03. The molecule has 0 aromatic heterocycles. The van der Waals surface area contributed by atoms with Crippen LogP contribution in [0.15, 0.2) is 16.8 Å². The van der Waals surface area contributed by atoms with E-state index >= 15 is 0 Å². The minimum atomic E-state index is -0.455. The first-order valence-corrected chi connectivity index (χ1v) is 3.34. The van der Waals surface area contributed by atoms with Crippen LogP contribution in [0.1, 0.15) is 0 Å². The molecule has 1 aliphatic rings. The summed E-state index contributed by atoms with van der Waals surface area (Å²) >= 11 is 5.52. The first kappa shape index (κ1) is 8.23. The van der Waals surface area contributed by atoms with Crippen LogP contribution in [0.3, 0.4) is 0 Å². The summed E-state index contributed by atoms with van der Waals surface area (Å²) in [5.74, 6) is 0. The predicted molar refractivity (Wildman–Crippen MR) is 41.4 cm³/mol. The van der Waals surface area contributed by atoms with Crippen LogP contribution in [-0.2, 0) is 9.53 Å². The Kier molecular flexibility index (Phi) is 2.62. The first-order valence-electron chi connectivity index (χ1n) is 2.96. The number of halogens is 1. The van der Waals surface area contributed by atoms with Crippen molar-refractivity contribution in [3.63, 3.8) is 0 Å². The van der Waals surface area contributed by atoms with Crippen molar-refractivity contribution in [2.24, 2.45) is 4.99 Å². The van der Waals surface area contributed by atoms with Gasteiger partial charge in [0.1, 0.15) is 0 Å². The number of hydrogen-bond acceptors (Lipinski definition) is 4. The zero-order valence-corrected chi connectivity index (χ0v) is 6.63. The summed E-state index contributed by atoms with van der Waals surface area (Å²) in [6, 6.07) is 0. The van der Waals surface area contributed by atoms with E-state index in [-0.39, 0.29) is 5.29 Å². The molecule has 4 nitrogen and oxygen atoms in total. The molecule has 0 aromatic rings. The standard InChI is InChI=1S/C6H7ClN2O2/c1-11-5-2-4(3-10)8-6(7)9-5/h2-3,5H,1H3,(H,8,9). The van der Waals surface area contributed by atoms with Gasteiger partial charge in [-0.05, 0) is 17.7 Å². The first-order chi connectivity index (χ1) is 5.26. The maximum absolute atomic E-state index is 10.3. The van der Waals surface area contributed by atoms with Gasteiger partial charge in [0, 0.05) is 7.11 Å². The molecule has 0 bridgehead atoms. The molecule has 0 aliphatic carbocycles. The van der Waals surface area contributed by atoms with Crippen LogP contribution < -0.4 is 5.32 Å². The normalized spacial score (nSPS) is 23.3. The van der Waals surface area contributed by atoms with Crippen LogP contribution in [0.2, 0.25) is 0 Å². The molecule has 5 heteroatoms. The molecule has 0 saturated carbocycles. The lowest BCUT2D eigenvalue weighted by molar-refractivity contribution is -0.105. The third-order valence-corrected chi connectivity index (χ3v) is 1.37. The Bertz CT molecular complexity index is 225. The number of carbonyl (C=O) groups excluding carboxylic acids is 1. The van der Waals surface area contributed by atoms with Crippen LogP contribution >= 0.6 is 11.6 Å². The summed E-state index contributed by atoms with van der Waals surface area (Å²) in [4.78, 5) is 14.1. The molecule has 1 rings (SSSR count). The van der Waals surface area contributed by atoms with E-state index in [1.54, 1.807) is 6.08 Å². The second-order valence-electron chi connectivity index (χ2n) is 1.91. The van der Waals surface area contributed by atoms with E-state index in [2.05, 4.69) is 10.3 Å². The van der Waals surface area contributed by atoms with Gasteiger partial charge in [0.2, 0.25) is 0 Å². The summed E-state index contributed by atoms with van der Waals surface area (Å²) < 4.78 is 4.85. The molecule has 0 fully saturated rings. The van der Waals surface area contributed by atoms with Crippen LogP contribution in [0.5, 0.6) is 0 Å². The van der Waals surface area contributed by atoms with Crippen molar-refractivity contribution >= 4 is 23.2 Å². The average molecular weight is 175 g/mol. The Morgan fingerprint density at radius 2 is 2.64 bits per heavy atom. The van der Waals surface area contributed by atoms with Gasteiger partial charge in [-0.3, -0.25) is 4.79 Å². The Labute approximate surface area is 68.9 Å². The maximum Gasteiger partial charge on any atom is 0.198 e. The number of allylic oxidation sites excluding steroid dienone is 1. The fourth-order valence-electron chi connectivity index (χ4n) is 0.685. The number of rotatable bonds is 2. The van der Waals surface area contributed by atoms with Crippen molar-refractivity contribution in [3.05, 3.63) is 11.8 Å². The number of nitrogens with zero attached hydrogens (tertiary/aromatic N) is 1. The number of ether oxygens (including phenoxy) is 1. The number of carbonyl (C=O) groups is 1. The molecular formula is C6H7ClN2O2. The Morgan fingerprint density at radius 3 is 3.18 bits per heavy atom. The third-order valence-electron chi connectivity index (χ3n) is 1.18. The van der Waals surface area contributed by atoms with Crippen molar-refractivity contribution in [1.82, 2.24) is 5.32 Å². The Balaban J connectivity index is 2.74. The van der Waals surface area contributed by atoms with Gasteiger partial charge in [-0.25, -0.2) is 4.99 Å². The molecule has 0 spiro atoms. The highest BCUT2D eigenvalue weighted by atomic mass is 35.5. The molecule has 0 saturated heterocycles. The summed E-state index contributed by atoms with van der Waals surface area (Å²) in [5.41, 5.74) is 0.372. The number of aliphatic imine (C=N–C) groups is 1. The SMILES string of the molecule is COC1C=C(C=O)NC(Cl)=N1. The summed E-state index contributed by atoms with van der Waals surface area (Å²) in [7, 11) is 1.49. The van der Waals surface area contributed by atoms with Gasteiger partial charge in [0.05, 0.1) is 5.70 Å². The number of aldehydes is 1. The van der Waals surface area contributed by atoms with Crippen molar-refractivity contribution < 1.29 is 9.53 Å². The predicted octanol–water partition coefficient (Wildman–Crippen LogP) is 0.240. The molecule has 1 heterocycles. The van der Waals surface area contributed by atoms with Gasteiger partial charge in [-0.2, -0.15) is 0 Å². The van der Waals surface area contributed by atoms with Crippen LogP contribution in [-0.4, -0.2) is 24.9 Å². The molecule has 1 aliphatic heterocycles. The fourth-order valence-corrected chi connectivity index (χ4v) is 0.890. The van der Waals surface area contributed by atoms with E-state index in [0.717, 1.165) is 0 Å². The summed E-state index contributed by atoms with van der Waals surface area (Å²) in [5, 5.41) is 2.73. The summed E-state index contributed by atoms with van der Waals surface area (Å²) in [6.07, 6.45) is 1.74. The highest BCUT2D eigenvalue weighted by Gasteiger charge is 2.11. The van der Waals surface area contributed by atoms with Gasteiger partial charge < -0.3 is 10.1 Å². The number of amidine groups is 1. The molecular weight excluding hydrogens is 168 g/mol. The Hall–Kier alpha value is -0.870. The largest absolute Gasteiger partial charge is 0.356 e. The smallest absolute Gasteiger partial charge is 0.198 e. The van der Waals surface area contributed by atoms with Gasteiger partial charge >= 0.3 is 0 Å². The lowest BCUT2D eigenvalue weighted by Gasteiger charge is -2.14. The average Bonchev–Trinajstić information content (AvgIpc) is 2.03. The zero-order valence-electron chi connectivity index (χ0n) is 5.87. The van der Waals surface area contributed by atoms with Crippen molar-refractivity contribution in [1.29, 1.82) is 0 Å². The Morgan fingerprint density at radius 1 is 1.91 bits per heavy atom. The van der Waals surface area contributed by atoms with Gasteiger partial charge in [0.15, 0.2) is 17.8 Å². The van der Waals surface area contributed by atoms with E-state index in [1.807, 2.05) is 0 Å². The quantitative estimate of drug-likeness (QED) is 0.482. The topological polar surface area (TPSA) is 50.7 Å². The molecule has 60 valence electrons. The molecule has 11 heavy (non-hydrogen) atoms. The second kappa shape index (κ2) is 3.50. The lowest BCUT2D eigenvalue weighted by atomic mass is 10.3. The molecule has 0 amide bonds. The van der Waals surface area contributed by atoms with Crippen molar-refractivity contribution in [2.45, 2.75) is 6.23 Å². The number of methoxy groups -OCH3 is 1. The summed E-state index contributed by atoms with van der Waals surface area (Å²) in [6.45, 7) is 0. The van der Waals surface area contributed by atoms with E-state index < -0.39 is 6.23 Å². The molecule has 1 unspecified atom stereocenters. The van der Waals surface area contributed by atoms with E-state index in [0.29, 0.717) is 12.0 Å². The van der Waals surface area contributed by atoms with Gasteiger partial charge in [-0.1, -0.05) is 0 Å². The molecule has 1 atom stereocenters. The zero-order chi connectivity index (χ0) is 8.27. The van der Waals surface area contributed by atoms with Crippen LogP contribution in [0.4, 0.5) is 0 Å². The van der Waals surface area contributed by atoms with Crippen LogP contribution in [0.25, 0.3) is 0 Å². The van der Waals surface area contributed by atoms with E-state index in [1.165, 1.54) is 7.11 Å². The highest BCUT2D eigenvalue weighted by molar-refractivity contribution is 6.65. The van der Waals surface area contributed by atoms with Crippen molar-refractivity contribution in [3.8, 4) is 0 Å². The molecule has 0 aromatic carbocycles. The fraction of sp³-hybridized carbons (Fsp3) is 0.333. The number of nitrogens with one attached hydrogen (secondary N) is 1. The minimum absolute atomic E-state index is 0.168. The number of hydrogen-bond donors (Lipinski definition) is 1. The lowest BCUT2D eigenvalue weighted by Crippen LogP contribution is -2.27. The van der Waals surface area contributed by atoms with E-state index in [4.69, 9.17) is 16.3 Å². The molecule has 0 radical (unpaired) electrons. The van der Waals surface area contributed by atoms with Gasteiger partial charge in [-0.15, -0.1) is 0 Å². The maximum atomic E-state index is 10.3. The second-order valence-corrected chi connectivity index (χ2v) is 2.27. The van der Waals surface area contributed by atoms with Crippen molar-refractivity contribution in [2.75, 3.05) is 7.11 Å². The van der Waals surface area contributed by atoms with Gasteiger partial charge in [0.25, 0.3) is 0 Å².